The minimum absolute atomic E-state index is 0.0233. The Hall–Kier alpha value is -4.06. The Morgan fingerprint density at radius 1 is 0.976 bits per heavy atom. The lowest BCUT2D eigenvalue weighted by Gasteiger charge is -2.44. The average molecular weight is 589 g/mol. The lowest BCUT2D eigenvalue weighted by atomic mass is 9.75. The van der Waals surface area contributed by atoms with E-state index >= 15 is 0 Å². The van der Waals surface area contributed by atoms with Crippen LogP contribution in [0.2, 0.25) is 0 Å². The number of benzene rings is 2. The fourth-order valence-electron chi connectivity index (χ4n) is 6.50. The minimum atomic E-state index is -5.08. The number of carbonyl (C=O) groups excluding carboxylic acids is 4. The van der Waals surface area contributed by atoms with Crippen molar-refractivity contribution in [3.8, 4) is 11.1 Å². The Bertz CT molecular complexity index is 1390. The van der Waals surface area contributed by atoms with Gasteiger partial charge in [0.25, 0.3) is 0 Å². The maximum absolute atomic E-state index is 13.5. The summed E-state index contributed by atoms with van der Waals surface area (Å²) in [5.74, 6) is -4.95. The molecule has 5 rings (SSSR count). The molecule has 12 heteroatoms. The van der Waals surface area contributed by atoms with Gasteiger partial charge in [-0.1, -0.05) is 48.5 Å². The second kappa shape index (κ2) is 11.7. The number of amides is 2. The summed E-state index contributed by atoms with van der Waals surface area (Å²) in [7, 11) is 1.36. The van der Waals surface area contributed by atoms with E-state index in [0.29, 0.717) is 25.1 Å². The summed E-state index contributed by atoms with van der Waals surface area (Å²) in [4.78, 5) is 64.1. The molecule has 0 radical (unpaired) electrons. The Morgan fingerprint density at radius 3 is 2.00 bits per heavy atom. The summed E-state index contributed by atoms with van der Waals surface area (Å²) in [6.07, 6.45) is -2.87. The molecule has 0 aromatic heterocycles. The van der Waals surface area contributed by atoms with Crippen LogP contribution in [0.4, 0.5) is 13.2 Å². The number of esters is 1. The number of carboxylic acids is 1. The quantitative estimate of drug-likeness (QED) is 0.313. The smallest absolute Gasteiger partial charge is 0.475 e. The molecule has 0 unspecified atom stereocenters. The van der Waals surface area contributed by atoms with Crippen molar-refractivity contribution in [2.24, 2.45) is 11.8 Å². The van der Waals surface area contributed by atoms with Gasteiger partial charge in [0, 0.05) is 18.2 Å². The van der Waals surface area contributed by atoms with Crippen molar-refractivity contribution in [3.05, 3.63) is 59.7 Å². The number of alkyl halides is 3. The van der Waals surface area contributed by atoms with Crippen molar-refractivity contribution in [1.82, 2.24) is 9.80 Å². The van der Waals surface area contributed by atoms with Crippen LogP contribution in [-0.4, -0.2) is 76.4 Å². The van der Waals surface area contributed by atoms with E-state index in [-0.39, 0.29) is 23.6 Å². The van der Waals surface area contributed by atoms with E-state index < -0.39 is 35.5 Å². The number of hydrogen-bond acceptors (Lipinski definition) is 7. The number of likely N-dealkylation sites (tertiary alicyclic amines) is 1. The number of carbonyl (C=O) groups is 5. The van der Waals surface area contributed by atoms with E-state index in [1.54, 1.807) is 13.8 Å². The maximum Gasteiger partial charge on any atom is 0.490 e. The SMILES string of the molecule is CCN1C(=O)[C@@H]2[C@@H](c3ccc(-c4ccc(C(C)=O)cc4)cc3)N3CCCC[C@@]3(C(=O)OC)[C@@H]2C1=O.O=C(O)C(F)(F)F. The number of carboxylic acid groups (broad SMARTS) is 1. The summed E-state index contributed by atoms with van der Waals surface area (Å²) in [5.41, 5.74) is 2.44. The Kier molecular flexibility index (Phi) is 8.58. The first-order valence-corrected chi connectivity index (χ1v) is 13.5. The molecule has 0 spiro atoms. The van der Waals surface area contributed by atoms with Gasteiger partial charge in [0.2, 0.25) is 11.8 Å². The van der Waals surface area contributed by atoms with Crippen LogP contribution < -0.4 is 0 Å². The van der Waals surface area contributed by atoms with Crippen LogP contribution in [0.25, 0.3) is 11.1 Å². The van der Waals surface area contributed by atoms with Gasteiger partial charge in [0.15, 0.2) is 5.78 Å². The Balaban J connectivity index is 0.000000517. The zero-order valence-corrected chi connectivity index (χ0v) is 23.3. The van der Waals surface area contributed by atoms with Gasteiger partial charge < -0.3 is 9.84 Å². The molecule has 42 heavy (non-hydrogen) atoms. The van der Waals surface area contributed by atoms with E-state index in [2.05, 4.69) is 4.90 Å². The lowest BCUT2D eigenvalue weighted by Crippen LogP contribution is -2.59. The summed E-state index contributed by atoms with van der Waals surface area (Å²) in [6.45, 7) is 4.27. The highest BCUT2D eigenvalue weighted by Gasteiger charge is 2.72. The number of imide groups is 1. The van der Waals surface area contributed by atoms with Crippen LogP contribution >= 0.6 is 0 Å². The first-order chi connectivity index (χ1) is 19.8. The van der Waals surface area contributed by atoms with Crippen molar-refractivity contribution in [3.63, 3.8) is 0 Å². The molecule has 2 aromatic rings. The largest absolute Gasteiger partial charge is 0.490 e. The Morgan fingerprint density at radius 2 is 1.52 bits per heavy atom. The maximum atomic E-state index is 13.5. The third-order valence-electron chi connectivity index (χ3n) is 8.33. The molecule has 2 aromatic carbocycles. The zero-order chi connectivity index (χ0) is 31.0. The molecule has 3 heterocycles. The summed E-state index contributed by atoms with van der Waals surface area (Å²) < 4.78 is 37.0. The highest BCUT2D eigenvalue weighted by Crippen LogP contribution is 2.58. The second-order valence-corrected chi connectivity index (χ2v) is 10.5. The highest BCUT2D eigenvalue weighted by atomic mass is 19.4. The van der Waals surface area contributed by atoms with Gasteiger partial charge in [-0.2, -0.15) is 13.2 Å². The van der Waals surface area contributed by atoms with Crippen molar-refractivity contribution < 1.29 is 47.0 Å². The van der Waals surface area contributed by atoms with E-state index in [1.165, 1.54) is 12.0 Å². The molecule has 1 N–H and O–H groups in total. The number of ether oxygens (including phenoxy) is 1. The molecule has 9 nitrogen and oxygen atoms in total. The van der Waals surface area contributed by atoms with Gasteiger partial charge in [-0.3, -0.25) is 29.0 Å². The lowest BCUT2D eigenvalue weighted by molar-refractivity contribution is -0.192. The predicted molar refractivity (Wildman–Crippen MR) is 143 cm³/mol. The number of fused-ring (bicyclic) bond motifs is 3. The minimum Gasteiger partial charge on any atom is -0.475 e. The molecule has 3 fully saturated rings. The van der Waals surface area contributed by atoms with Crippen molar-refractivity contribution in [2.75, 3.05) is 20.2 Å². The van der Waals surface area contributed by atoms with Gasteiger partial charge >= 0.3 is 18.1 Å². The number of Topliss-reactive ketones (excluding diaryl/α,β-unsaturated/α-hetero) is 1. The van der Waals surface area contributed by atoms with Gasteiger partial charge in [-0.25, -0.2) is 4.79 Å². The average Bonchev–Trinajstić information content (AvgIpc) is 3.42. The van der Waals surface area contributed by atoms with Gasteiger partial charge in [-0.15, -0.1) is 0 Å². The predicted octanol–water partition coefficient (Wildman–Crippen LogP) is 4.26. The molecular formula is C30H31F3N2O7. The second-order valence-electron chi connectivity index (χ2n) is 10.5. The van der Waals surface area contributed by atoms with Crippen LogP contribution in [-0.2, 0) is 23.9 Å². The van der Waals surface area contributed by atoms with E-state index in [9.17, 15) is 32.3 Å². The normalized spacial score (nSPS) is 25.3. The molecule has 224 valence electrons. The van der Waals surface area contributed by atoms with Crippen LogP contribution in [0.5, 0.6) is 0 Å². The first kappa shape index (κ1) is 30.9. The van der Waals surface area contributed by atoms with Crippen molar-refractivity contribution >= 4 is 29.5 Å². The molecule has 3 saturated heterocycles. The van der Waals surface area contributed by atoms with Crippen LogP contribution in [0.3, 0.4) is 0 Å². The monoisotopic (exact) mass is 588 g/mol. The molecule has 0 bridgehead atoms. The topological polar surface area (TPSA) is 121 Å². The number of halogens is 3. The number of hydrogen-bond donors (Lipinski definition) is 1. The first-order valence-electron chi connectivity index (χ1n) is 13.5. The molecule has 4 atom stereocenters. The van der Waals surface area contributed by atoms with Gasteiger partial charge in [-0.05, 0) is 56.3 Å². The third kappa shape index (κ3) is 5.19. The van der Waals surface area contributed by atoms with Crippen molar-refractivity contribution in [2.45, 2.75) is 50.9 Å². The number of rotatable bonds is 5. The summed E-state index contributed by atoms with van der Waals surface area (Å²) >= 11 is 0. The summed E-state index contributed by atoms with van der Waals surface area (Å²) in [6, 6.07) is 15.1. The van der Waals surface area contributed by atoms with E-state index in [4.69, 9.17) is 14.6 Å². The number of ketones is 1. The van der Waals surface area contributed by atoms with Crippen LogP contribution in [0, 0.1) is 11.8 Å². The number of aliphatic carboxylic acids is 1. The van der Waals surface area contributed by atoms with E-state index in [1.807, 2.05) is 48.5 Å². The number of methoxy groups -OCH3 is 1. The fourth-order valence-corrected chi connectivity index (χ4v) is 6.50. The highest BCUT2D eigenvalue weighted by molar-refractivity contribution is 6.09. The molecule has 3 aliphatic rings. The molecule has 0 aliphatic carbocycles. The van der Waals surface area contributed by atoms with Gasteiger partial charge in [0.1, 0.15) is 5.54 Å². The molecule has 2 amide bonds. The van der Waals surface area contributed by atoms with Gasteiger partial charge in [0.05, 0.1) is 18.9 Å². The standard InChI is InChI=1S/C28H30N2O5.C2HF3O2/c1-4-29-25(32)22-23(26(29)33)28(27(34)35-3)15-5-6-16-30(28)24(22)21-13-11-20(12-14-21)19-9-7-18(8-10-19)17(2)31;3-2(4,5)1(6)7/h7-14,22-24H,4-6,15-16H2,1-3H3;(H,6,7)/t22-,23-,24+,28-;/m0./s1. The zero-order valence-electron chi connectivity index (χ0n) is 23.3. The van der Waals surface area contributed by atoms with Crippen LogP contribution in [0.1, 0.15) is 55.1 Å². The fraction of sp³-hybridized carbons (Fsp3) is 0.433. The van der Waals surface area contributed by atoms with Crippen molar-refractivity contribution in [1.29, 1.82) is 0 Å². The third-order valence-corrected chi connectivity index (χ3v) is 8.33. The number of piperidine rings is 1. The van der Waals surface area contributed by atoms with Crippen LogP contribution in [0.15, 0.2) is 48.5 Å². The molecule has 3 aliphatic heterocycles. The number of nitrogens with zero attached hydrogens (tertiary/aromatic N) is 2. The Labute approximate surface area is 240 Å². The molecular weight excluding hydrogens is 557 g/mol. The molecule has 0 saturated carbocycles. The van der Waals surface area contributed by atoms with E-state index in [0.717, 1.165) is 29.5 Å². The summed E-state index contributed by atoms with van der Waals surface area (Å²) in [5, 5.41) is 7.12.